The number of hydrogen-bond acceptors (Lipinski definition) is 5. The molecule has 0 saturated carbocycles. The van der Waals surface area contributed by atoms with Gasteiger partial charge in [0.2, 0.25) is 0 Å². The molecule has 0 fully saturated rings. The van der Waals surface area contributed by atoms with Gasteiger partial charge < -0.3 is 10.2 Å². The van der Waals surface area contributed by atoms with Crippen molar-refractivity contribution in [1.82, 2.24) is 4.57 Å². The molecule has 0 aliphatic carbocycles. The Kier molecular flexibility index (Phi) is 4.36. The third kappa shape index (κ3) is 2.89. The Hall–Kier alpha value is -3.19. The van der Waals surface area contributed by atoms with Gasteiger partial charge in [-0.25, -0.2) is 4.99 Å². The Bertz CT molecular complexity index is 1370. The summed E-state index contributed by atoms with van der Waals surface area (Å²) in [6.45, 7) is 7.01. The lowest BCUT2D eigenvalue weighted by atomic mass is 10.0. The molecule has 0 spiro atoms. The number of nitrogens with zero attached hydrogens (tertiary/aromatic N) is 3. The molecule has 1 aromatic heterocycles. The fourth-order valence-electron chi connectivity index (χ4n) is 4.12. The van der Waals surface area contributed by atoms with Crippen LogP contribution in [0.3, 0.4) is 0 Å². The second-order valence-electron chi connectivity index (χ2n) is 7.78. The van der Waals surface area contributed by atoms with Crippen LogP contribution in [-0.4, -0.2) is 17.1 Å². The van der Waals surface area contributed by atoms with Crippen LogP contribution in [0.25, 0.3) is 5.57 Å². The van der Waals surface area contributed by atoms with E-state index in [1.807, 2.05) is 26.0 Å². The van der Waals surface area contributed by atoms with Crippen LogP contribution < -0.4 is 25.1 Å². The van der Waals surface area contributed by atoms with Crippen LogP contribution in [0.5, 0.6) is 0 Å². The van der Waals surface area contributed by atoms with Crippen LogP contribution in [0.4, 0.5) is 11.4 Å². The van der Waals surface area contributed by atoms with Gasteiger partial charge in [0.15, 0.2) is 4.80 Å². The lowest BCUT2D eigenvalue weighted by Gasteiger charge is -2.25. The van der Waals surface area contributed by atoms with Crippen molar-refractivity contribution in [2.75, 3.05) is 16.9 Å². The van der Waals surface area contributed by atoms with E-state index in [2.05, 4.69) is 46.4 Å². The van der Waals surface area contributed by atoms with Gasteiger partial charge in [-0.2, -0.15) is 0 Å². The lowest BCUT2D eigenvalue weighted by Crippen LogP contribution is -2.43. The molecule has 7 heteroatoms. The van der Waals surface area contributed by atoms with Gasteiger partial charge in [-0.05, 0) is 49.6 Å². The molecular formula is C23H22N4O2S. The zero-order valence-electron chi connectivity index (χ0n) is 17.2. The van der Waals surface area contributed by atoms with Gasteiger partial charge in [-0.3, -0.25) is 14.2 Å². The van der Waals surface area contributed by atoms with E-state index in [9.17, 15) is 9.59 Å². The van der Waals surface area contributed by atoms with E-state index in [0.717, 1.165) is 34.5 Å². The Morgan fingerprint density at radius 3 is 2.63 bits per heavy atom. The van der Waals surface area contributed by atoms with Crippen LogP contribution in [0.1, 0.15) is 29.2 Å². The van der Waals surface area contributed by atoms with Gasteiger partial charge in [0, 0.05) is 11.3 Å². The SMILES string of the molecule is CCc1ccc(N2CN=c3s/c(=C4\C(=O)Nc5c(C)cc(C)cc54)c(=O)n3C2)cc1. The van der Waals surface area contributed by atoms with Crippen LogP contribution in [0.15, 0.2) is 46.2 Å². The second kappa shape index (κ2) is 6.95. The number of rotatable bonds is 2. The minimum absolute atomic E-state index is 0.161. The number of nitrogens with one attached hydrogen (secondary N) is 1. The number of carbonyl (C=O) groups is 1. The number of anilines is 2. The van der Waals surface area contributed by atoms with Crippen molar-refractivity contribution in [3.63, 3.8) is 0 Å². The number of hydrogen-bond donors (Lipinski definition) is 1. The smallest absolute Gasteiger partial charge is 0.272 e. The van der Waals surface area contributed by atoms with Crippen LogP contribution in [0.2, 0.25) is 0 Å². The molecule has 152 valence electrons. The first-order chi connectivity index (χ1) is 14.5. The molecule has 3 heterocycles. The van der Waals surface area contributed by atoms with Crippen molar-refractivity contribution in [2.45, 2.75) is 33.9 Å². The monoisotopic (exact) mass is 418 g/mol. The molecule has 2 aromatic carbocycles. The average Bonchev–Trinajstić information content (AvgIpc) is 3.24. The summed E-state index contributed by atoms with van der Waals surface area (Å²) >= 11 is 1.30. The molecular weight excluding hydrogens is 396 g/mol. The Balaban J connectivity index is 1.62. The molecule has 0 bridgehead atoms. The van der Waals surface area contributed by atoms with Crippen molar-refractivity contribution in [3.8, 4) is 0 Å². The molecule has 0 saturated heterocycles. The first-order valence-electron chi connectivity index (χ1n) is 10.0. The van der Waals surface area contributed by atoms with Crippen LogP contribution in [0, 0.1) is 13.8 Å². The molecule has 30 heavy (non-hydrogen) atoms. The fourth-order valence-corrected chi connectivity index (χ4v) is 5.18. The first-order valence-corrected chi connectivity index (χ1v) is 10.8. The van der Waals surface area contributed by atoms with Gasteiger partial charge in [-0.15, -0.1) is 0 Å². The largest absolute Gasteiger partial charge is 0.334 e. The molecule has 3 aromatic rings. The standard InChI is InChI=1S/C23H22N4O2S/c1-4-15-5-7-16(8-6-15)26-11-24-23-27(12-26)22(29)20(30-23)18-17-10-13(2)9-14(3)19(17)25-21(18)28/h5-10H,4,11-12H2,1-3H3,(H,25,28)/b20-18-. The molecule has 2 aliphatic rings. The molecule has 0 unspecified atom stereocenters. The highest BCUT2D eigenvalue weighted by Gasteiger charge is 2.29. The minimum Gasteiger partial charge on any atom is -0.334 e. The second-order valence-corrected chi connectivity index (χ2v) is 8.76. The van der Waals surface area contributed by atoms with E-state index < -0.39 is 0 Å². The molecule has 0 radical (unpaired) electrons. The zero-order chi connectivity index (χ0) is 21.0. The minimum atomic E-state index is -0.220. The van der Waals surface area contributed by atoms with E-state index in [1.165, 1.54) is 16.9 Å². The van der Waals surface area contributed by atoms with Crippen molar-refractivity contribution in [1.29, 1.82) is 0 Å². The Labute approximate surface area is 177 Å². The molecule has 1 N–H and O–H groups in total. The van der Waals surface area contributed by atoms with Gasteiger partial charge in [0.25, 0.3) is 11.5 Å². The quantitative estimate of drug-likeness (QED) is 0.695. The van der Waals surface area contributed by atoms with E-state index in [4.69, 9.17) is 0 Å². The highest BCUT2D eigenvalue weighted by Crippen LogP contribution is 2.33. The number of carbonyl (C=O) groups excluding carboxylic acids is 1. The van der Waals surface area contributed by atoms with Crippen molar-refractivity contribution >= 4 is 34.2 Å². The zero-order valence-corrected chi connectivity index (χ0v) is 18.0. The first kappa shape index (κ1) is 18.8. The Morgan fingerprint density at radius 2 is 1.90 bits per heavy atom. The summed E-state index contributed by atoms with van der Waals surface area (Å²) in [5.41, 5.74) is 6.27. The van der Waals surface area contributed by atoms with Crippen molar-refractivity contribution in [3.05, 3.63) is 78.3 Å². The topological polar surface area (TPSA) is 66.7 Å². The number of aromatic nitrogens is 1. The summed E-state index contributed by atoms with van der Waals surface area (Å²) < 4.78 is 2.12. The summed E-state index contributed by atoms with van der Waals surface area (Å²) in [5.74, 6) is -0.220. The number of thiazole rings is 1. The number of fused-ring (bicyclic) bond motifs is 2. The third-order valence-corrected chi connectivity index (χ3v) is 6.82. The summed E-state index contributed by atoms with van der Waals surface area (Å²) in [6, 6.07) is 12.3. The van der Waals surface area contributed by atoms with Gasteiger partial charge in [-0.1, -0.05) is 42.0 Å². The van der Waals surface area contributed by atoms with Crippen molar-refractivity contribution in [2.24, 2.45) is 4.99 Å². The maximum Gasteiger partial charge on any atom is 0.272 e. The highest BCUT2D eigenvalue weighted by atomic mass is 32.1. The predicted octanol–water partition coefficient (Wildman–Crippen LogP) is 2.29. The highest BCUT2D eigenvalue weighted by molar-refractivity contribution is 7.07. The maximum absolute atomic E-state index is 13.3. The van der Waals surface area contributed by atoms with E-state index in [0.29, 0.717) is 28.2 Å². The summed E-state index contributed by atoms with van der Waals surface area (Å²) in [6.07, 6.45) is 0.989. The maximum atomic E-state index is 13.3. The van der Waals surface area contributed by atoms with Crippen LogP contribution >= 0.6 is 11.3 Å². The summed E-state index contributed by atoms with van der Waals surface area (Å²) in [4.78, 5) is 33.4. The lowest BCUT2D eigenvalue weighted by molar-refractivity contribution is -0.110. The third-order valence-electron chi connectivity index (χ3n) is 5.70. The summed E-state index contributed by atoms with van der Waals surface area (Å²) in [5, 5.41) is 2.94. The molecule has 6 nitrogen and oxygen atoms in total. The summed E-state index contributed by atoms with van der Waals surface area (Å²) in [7, 11) is 0. The number of benzene rings is 2. The van der Waals surface area contributed by atoms with Crippen molar-refractivity contribution < 1.29 is 4.79 Å². The normalized spacial score (nSPS) is 16.8. The molecule has 1 amide bonds. The Morgan fingerprint density at radius 1 is 1.13 bits per heavy atom. The van der Waals surface area contributed by atoms with Crippen LogP contribution in [-0.2, 0) is 17.9 Å². The van der Waals surface area contributed by atoms with E-state index in [-0.39, 0.29) is 11.5 Å². The van der Waals surface area contributed by atoms with E-state index in [1.54, 1.807) is 4.57 Å². The predicted molar refractivity (Wildman–Crippen MR) is 120 cm³/mol. The molecule has 5 rings (SSSR count). The molecule has 2 aliphatic heterocycles. The fraction of sp³-hybridized carbons (Fsp3) is 0.261. The number of amides is 1. The average molecular weight is 419 g/mol. The molecule has 0 atom stereocenters. The number of aryl methyl sites for hydroxylation is 3. The van der Waals surface area contributed by atoms with Gasteiger partial charge in [0.05, 0.1) is 11.3 Å². The van der Waals surface area contributed by atoms with Gasteiger partial charge >= 0.3 is 0 Å². The van der Waals surface area contributed by atoms with E-state index >= 15 is 0 Å². The van der Waals surface area contributed by atoms with Gasteiger partial charge in [0.1, 0.15) is 17.9 Å².